The molecular formula is C22H31N3O4. The number of nitriles is 1. The average molecular weight is 402 g/mol. The second-order valence-electron chi connectivity index (χ2n) is 8.36. The average Bonchev–Trinajstić information content (AvgIpc) is 3.21. The second kappa shape index (κ2) is 9.55. The SMILES string of the molecule is CCCCc1nc(OCC(=O)NCC2CCCO2)c(C#N)c2c1COC(C)(C)C2. The summed E-state index contributed by atoms with van der Waals surface area (Å²) in [5, 5.41) is 12.6. The first-order valence-corrected chi connectivity index (χ1v) is 10.5. The molecule has 0 bridgehead atoms. The summed E-state index contributed by atoms with van der Waals surface area (Å²) < 4.78 is 17.2. The largest absolute Gasteiger partial charge is 0.467 e. The van der Waals surface area contributed by atoms with Crippen LogP contribution >= 0.6 is 0 Å². The van der Waals surface area contributed by atoms with Crippen molar-refractivity contribution in [1.82, 2.24) is 10.3 Å². The molecule has 0 aromatic carbocycles. The van der Waals surface area contributed by atoms with Crippen LogP contribution in [0.15, 0.2) is 0 Å². The van der Waals surface area contributed by atoms with Gasteiger partial charge in [0.05, 0.1) is 24.0 Å². The molecule has 3 rings (SSSR count). The molecule has 1 aromatic heterocycles. The van der Waals surface area contributed by atoms with E-state index in [2.05, 4.69) is 23.3 Å². The lowest BCUT2D eigenvalue weighted by atomic mass is 9.87. The molecule has 0 aliphatic carbocycles. The Morgan fingerprint density at radius 3 is 2.93 bits per heavy atom. The molecular weight excluding hydrogens is 370 g/mol. The number of carbonyl (C=O) groups is 1. The first-order chi connectivity index (χ1) is 13.9. The third-order valence-electron chi connectivity index (χ3n) is 5.44. The summed E-state index contributed by atoms with van der Waals surface area (Å²) in [5.41, 5.74) is 2.93. The van der Waals surface area contributed by atoms with Gasteiger partial charge in [-0.05, 0) is 45.1 Å². The van der Waals surface area contributed by atoms with Gasteiger partial charge in [0.1, 0.15) is 11.6 Å². The highest BCUT2D eigenvalue weighted by Gasteiger charge is 2.32. The predicted octanol–water partition coefficient (Wildman–Crippen LogP) is 2.82. The number of nitrogens with zero attached hydrogens (tertiary/aromatic N) is 2. The molecule has 1 saturated heterocycles. The van der Waals surface area contributed by atoms with Crippen molar-refractivity contribution in [3.8, 4) is 11.9 Å². The first-order valence-electron chi connectivity index (χ1n) is 10.5. The monoisotopic (exact) mass is 401 g/mol. The van der Waals surface area contributed by atoms with E-state index >= 15 is 0 Å². The van der Waals surface area contributed by atoms with E-state index in [-0.39, 0.29) is 30.1 Å². The summed E-state index contributed by atoms with van der Waals surface area (Å²) in [5.74, 6) is 0.0185. The van der Waals surface area contributed by atoms with Gasteiger partial charge in [0, 0.05) is 25.1 Å². The van der Waals surface area contributed by atoms with Gasteiger partial charge in [-0.15, -0.1) is 0 Å². The van der Waals surface area contributed by atoms with Crippen molar-refractivity contribution in [2.45, 2.75) is 77.6 Å². The third kappa shape index (κ3) is 5.46. The fourth-order valence-electron chi connectivity index (χ4n) is 3.80. The third-order valence-corrected chi connectivity index (χ3v) is 5.44. The van der Waals surface area contributed by atoms with Crippen LogP contribution in [0, 0.1) is 11.3 Å². The topological polar surface area (TPSA) is 93.5 Å². The maximum absolute atomic E-state index is 12.2. The van der Waals surface area contributed by atoms with Crippen molar-refractivity contribution in [2.24, 2.45) is 0 Å². The zero-order chi connectivity index (χ0) is 20.9. The molecule has 1 unspecified atom stereocenters. The summed E-state index contributed by atoms with van der Waals surface area (Å²) in [6, 6.07) is 2.25. The molecule has 7 nitrogen and oxygen atoms in total. The molecule has 0 saturated carbocycles. The number of hydrogen-bond acceptors (Lipinski definition) is 6. The molecule has 1 N–H and O–H groups in total. The van der Waals surface area contributed by atoms with E-state index < -0.39 is 0 Å². The van der Waals surface area contributed by atoms with Gasteiger partial charge in [-0.1, -0.05) is 13.3 Å². The van der Waals surface area contributed by atoms with Crippen molar-refractivity contribution >= 4 is 5.91 Å². The van der Waals surface area contributed by atoms with Gasteiger partial charge in [-0.2, -0.15) is 5.26 Å². The van der Waals surface area contributed by atoms with Gasteiger partial charge in [0.15, 0.2) is 6.61 Å². The number of ether oxygens (including phenoxy) is 3. The molecule has 0 spiro atoms. The standard InChI is InChI=1S/C22H31N3O4/c1-4-5-8-19-18-13-29-22(2,3)10-16(18)17(11-23)21(25-19)28-14-20(26)24-12-15-7-6-9-27-15/h15H,4-10,12-14H2,1-3H3,(H,24,26). The van der Waals surface area contributed by atoms with Crippen molar-refractivity contribution < 1.29 is 19.0 Å². The number of amides is 1. The van der Waals surface area contributed by atoms with Crippen molar-refractivity contribution in [3.05, 3.63) is 22.4 Å². The summed E-state index contributed by atoms with van der Waals surface area (Å²) in [6.45, 7) is 7.68. The molecule has 158 valence electrons. The quantitative estimate of drug-likeness (QED) is 0.720. The first kappa shape index (κ1) is 21.5. The lowest BCUT2D eigenvalue weighted by molar-refractivity contribution is -0.123. The van der Waals surface area contributed by atoms with E-state index in [1.165, 1.54) is 0 Å². The Bertz CT molecular complexity index is 779. The molecule has 7 heteroatoms. The van der Waals surface area contributed by atoms with Gasteiger partial charge >= 0.3 is 0 Å². The zero-order valence-corrected chi connectivity index (χ0v) is 17.7. The Balaban J connectivity index is 1.76. The highest BCUT2D eigenvalue weighted by Crippen LogP contribution is 2.35. The molecule has 1 aromatic rings. The molecule has 3 heterocycles. The maximum atomic E-state index is 12.2. The highest BCUT2D eigenvalue weighted by atomic mass is 16.5. The Morgan fingerprint density at radius 1 is 1.41 bits per heavy atom. The maximum Gasteiger partial charge on any atom is 0.258 e. The minimum atomic E-state index is -0.349. The molecule has 1 amide bonds. The lowest BCUT2D eigenvalue weighted by Gasteiger charge is -2.33. The van der Waals surface area contributed by atoms with Gasteiger partial charge in [-0.25, -0.2) is 4.98 Å². The number of carbonyl (C=O) groups excluding carboxylic acids is 1. The van der Waals surface area contributed by atoms with Crippen LogP contribution in [-0.4, -0.2) is 42.4 Å². The highest BCUT2D eigenvalue weighted by molar-refractivity contribution is 5.77. The van der Waals surface area contributed by atoms with E-state index in [4.69, 9.17) is 14.2 Å². The summed E-state index contributed by atoms with van der Waals surface area (Å²) in [7, 11) is 0. The Kier molecular flexibility index (Phi) is 7.09. The lowest BCUT2D eigenvalue weighted by Crippen LogP contribution is -2.35. The number of unbranched alkanes of at least 4 members (excludes halogenated alkanes) is 1. The smallest absolute Gasteiger partial charge is 0.258 e. The number of aryl methyl sites for hydroxylation is 1. The fraction of sp³-hybridized carbons (Fsp3) is 0.682. The van der Waals surface area contributed by atoms with Crippen molar-refractivity contribution in [3.63, 3.8) is 0 Å². The van der Waals surface area contributed by atoms with Crippen molar-refractivity contribution in [2.75, 3.05) is 19.8 Å². The van der Waals surface area contributed by atoms with Crippen LogP contribution < -0.4 is 10.1 Å². The minimum Gasteiger partial charge on any atom is -0.467 e. The number of pyridine rings is 1. The van der Waals surface area contributed by atoms with Crippen LogP contribution in [0.2, 0.25) is 0 Å². The molecule has 1 atom stereocenters. The van der Waals surface area contributed by atoms with Gasteiger partial charge < -0.3 is 19.5 Å². The summed E-state index contributed by atoms with van der Waals surface area (Å²) >= 11 is 0. The van der Waals surface area contributed by atoms with Crippen LogP contribution in [0.4, 0.5) is 0 Å². The molecule has 29 heavy (non-hydrogen) atoms. The Morgan fingerprint density at radius 2 is 2.24 bits per heavy atom. The van der Waals surface area contributed by atoms with E-state index in [1.54, 1.807) is 0 Å². The predicted molar refractivity (Wildman–Crippen MR) is 108 cm³/mol. The number of hydrogen-bond donors (Lipinski definition) is 1. The normalized spacial score (nSPS) is 20.0. The van der Waals surface area contributed by atoms with Crippen LogP contribution in [0.5, 0.6) is 5.88 Å². The number of fused-ring (bicyclic) bond motifs is 1. The molecule has 0 radical (unpaired) electrons. The van der Waals surface area contributed by atoms with E-state index in [9.17, 15) is 10.1 Å². The Labute approximate surface area is 172 Å². The van der Waals surface area contributed by atoms with Gasteiger partial charge in [0.2, 0.25) is 5.88 Å². The van der Waals surface area contributed by atoms with E-state index in [1.807, 2.05) is 13.8 Å². The second-order valence-corrected chi connectivity index (χ2v) is 8.36. The zero-order valence-electron chi connectivity index (χ0n) is 17.7. The van der Waals surface area contributed by atoms with Crippen LogP contribution in [0.3, 0.4) is 0 Å². The van der Waals surface area contributed by atoms with Crippen LogP contribution in [0.1, 0.15) is 68.8 Å². The molecule has 1 fully saturated rings. The summed E-state index contributed by atoms with van der Waals surface area (Å²) in [6.07, 6.45) is 5.54. The van der Waals surface area contributed by atoms with Gasteiger partial charge in [0.25, 0.3) is 5.91 Å². The number of rotatable bonds is 8. The van der Waals surface area contributed by atoms with Crippen molar-refractivity contribution in [1.29, 1.82) is 5.26 Å². The van der Waals surface area contributed by atoms with Crippen LogP contribution in [-0.2, 0) is 33.7 Å². The number of aromatic nitrogens is 1. The molecule has 2 aliphatic heterocycles. The Hall–Kier alpha value is -2.17. The minimum absolute atomic E-state index is 0.0818. The van der Waals surface area contributed by atoms with E-state index in [0.29, 0.717) is 25.1 Å². The fourth-order valence-corrected chi connectivity index (χ4v) is 3.80. The molecule has 2 aliphatic rings. The number of nitrogens with one attached hydrogen (secondary N) is 1. The summed E-state index contributed by atoms with van der Waals surface area (Å²) in [4.78, 5) is 16.8. The van der Waals surface area contributed by atoms with Gasteiger partial charge in [-0.3, -0.25) is 4.79 Å². The van der Waals surface area contributed by atoms with E-state index in [0.717, 1.165) is 55.5 Å². The van der Waals surface area contributed by atoms with Crippen LogP contribution in [0.25, 0.3) is 0 Å².